The molecule has 0 bridgehead atoms. The van der Waals surface area contributed by atoms with Gasteiger partial charge in [0, 0.05) is 23.4 Å². The van der Waals surface area contributed by atoms with E-state index >= 15 is 0 Å². The van der Waals surface area contributed by atoms with Crippen LogP contribution in [0.5, 0.6) is 28.7 Å². The van der Waals surface area contributed by atoms with Crippen molar-refractivity contribution in [2.75, 3.05) is 33.4 Å². The second kappa shape index (κ2) is 9.70. The van der Waals surface area contributed by atoms with Crippen LogP contribution in [-0.4, -0.2) is 39.3 Å². The van der Waals surface area contributed by atoms with Crippen molar-refractivity contribution in [1.29, 1.82) is 0 Å². The molecular formula is C29H28N2O5. The fourth-order valence-corrected chi connectivity index (χ4v) is 4.82. The lowest BCUT2D eigenvalue weighted by Gasteiger charge is -2.26. The number of hydrogen-bond donors (Lipinski definition) is 1. The van der Waals surface area contributed by atoms with Gasteiger partial charge < -0.3 is 24.1 Å². The summed E-state index contributed by atoms with van der Waals surface area (Å²) in [5.41, 5.74) is 3.24. The smallest absolute Gasteiger partial charge is 0.164 e. The Morgan fingerprint density at radius 3 is 2.08 bits per heavy atom. The highest BCUT2D eigenvalue weighted by Gasteiger charge is 2.34. The number of phenolic OH excluding ortho intramolecular Hbond substituents is 1. The van der Waals surface area contributed by atoms with Crippen LogP contribution in [0.25, 0.3) is 10.8 Å². The highest BCUT2D eigenvalue weighted by Crippen LogP contribution is 2.45. The van der Waals surface area contributed by atoms with Gasteiger partial charge in [-0.05, 0) is 35.2 Å². The molecule has 0 aliphatic carbocycles. The van der Waals surface area contributed by atoms with E-state index in [1.54, 1.807) is 33.5 Å². The number of rotatable bonds is 7. The van der Waals surface area contributed by atoms with E-state index in [0.29, 0.717) is 29.2 Å². The summed E-state index contributed by atoms with van der Waals surface area (Å²) in [6.45, 7) is 0. The SMILES string of the molecule is COc1cc(O)c(C2=NN(c3ccccc3OC)C(c3ccc(OC)c4ccccc34)C2)cc1OC. The summed E-state index contributed by atoms with van der Waals surface area (Å²) < 4.78 is 22.2. The van der Waals surface area contributed by atoms with Crippen LogP contribution in [0.2, 0.25) is 0 Å². The first-order valence-corrected chi connectivity index (χ1v) is 11.6. The van der Waals surface area contributed by atoms with Crippen molar-refractivity contribution in [2.24, 2.45) is 5.10 Å². The van der Waals surface area contributed by atoms with Crippen LogP contribution < -0.4 is 24.0 Å². The van der Waals surface area contributed by atoms with E-state index in [1.807, 2.05) is 47.5 Å². The maximum atomic E-state index is 10.9. The first kappa shape index (κ1) is 23.4. The van der Waals surface area contributed by atoms with Crippen molar-refractivity contribution in [2.45, 2.75) is 12.5 Å². The van der Waals surface area contributed by atoms with Crippen molar-refractivity contribution < 1.29 is 24.1 Å². The zero-order valence-electron chi connectivity index (χ0n) is 20.7. The van der Waals surface area contributed by atoms with Crippen molar-refractivity contribution in [3.63, 3.8) is 0 Å². The standard InChI is InChI=1S/C29H28N2O5/c1-33-26-14-13-19(18-9-5-6-10-20(18)26)24-16-22(21-15-28(35-3)29(36-4)17-25(21)32)30-31(24)23-11-7-8-12-27(23)34-2/h5-15,17,24,32H,16H2,1-4H3. The van der Waals surface area contributed by atoms with Crippen molar-refractivity contribution >= 4 is 22.2 Å². The van der Waals surface area contributed by atoms with Gasteiger partial charge in [0.2, 0.25) is 0 Å². The zero-order chi connectivity index (χ0) is 25.2. The molecule has 184 valence electrons. The second-order valence-electron chi connectivity index (χ2n) is 8.41. The Hall–Kier alpha value is -4.39. The molecule has 1 N–H and O–H groups in total. The van der Waals surface area contributed by atoms with E-state index in [9.17, 15) is 5.11 Å². The molecule has 0 spiro atoms. The fraction of sp³-hybridized carbons (Fsp3) is 0.207. The molecule has 7 heteroatoms. The molecule has 4 aromatic rings. The van der Waals surface area contributed by atoms with E-state index < -0.39 is 0 Å². The number of hydrazone groups is 1. The predicted octanol–water partition coefficient (Wildman–Crippen LogP) is 5.94. The Kier molecular flexibility index (Phi) is 6.29. The Bertz CT molecular complexity index is 1450. The van der Waals surface area contributed by atoms with Crippen LogP contribution in [-0.2, 0) is 0 Å². The minimum atomic E-state index is -0.153. The topological polar surface area (TPSA) is 72.8 Å². The maximum Gasteiger partial charge on any atom is 0.164 e. The third-order valence-electron chi connectivity index (χ3n) is 6.55. The largest absolute Gasteiger partial charge is 0.507 e. The van der Waals surface area contributed by atoms with E-state index in [4.69, 9.17) is 24.0 Å². The number of methoxy groups -OCH3 is 4. The van der Waals surface area contributed by atoms with Crippen LogP contribution in [0.3, 0.4) is 0 Å². The Morgan fingerprint density at radius 2 is 1.36 bits per heavy atom. The van der Waals surface area contributed by atoms with Crippen molar-refractivity contribution in [1.82, 2.24) is 0 Å². The number of benzene rings is 4. The van der Waals surface area contributed by atoms with Crippen molar-refractivity contribution in [3.05, 3.63) is 83.9 Å². The molecule has 36 heavy (non-hydrogen) atoms. The van der Waals surface area contributed by atoms with Gasteiger partial charge in [0.05, 0.1) is 40.2 Å². The number of nitrogens with zero attached hydrogens (tertiary/aromatic N) is 2. The van der Waals surface area contributed by atoms with Gasteiger partial charge in [0.15, 0.2) is 11.5 Å². The molecule has 0 saturated heterocycles. The van der Waals surface area contributed by atoms with Gasteiger partial charge in [0.1, 0.15) is 22.9 Å². The highest BCUT2D eigenvalue weighted by atomic mass is 16.5. The minimum absolute atomic E-state index is 0.0756. The molecule has 0 radical (unpaired) electrons. The van der Waals surface area contributed by atoms with Crippen LogP contribution in [0, 0.1) is 0 Å². The number of aromatic hydroxyl groups is 1. The number of para-hydroxylation sites is 2. The Balaban J connectivity index is 1.69. The molecule has 0 fully saturated rings. The quantitative estimate of drug-likeness (QED) is 0.350. The molecule has 0 aromatic heterocycles. The van der Waals surface area contributed by atoms with Gasteiger partial charge in [0.25, 0.3) is 0 Å². The van der Waals surface area contributed by atoms with Gasteiger partial charge in [-0.1, -0.05) is 42.5 Å². The Morgan fingerprint density at radius 1 is 0.722 bits per heavy atom. The maximum absolute atomic E-state index is 10.9. The van der Waals surface area contributed by atoms with Crippen LogP contribution in [0.4, 0.5) is 5.69 Å². The monoisotopic (exact) mass is 484 g/mol. The molecule has 1 aliphatic heterocycles. The molecule has 1 aliphatic rings. The Labute approximate surface area is 210 Å². The molecule has 4 aromatic carbocycles. The van der Waals surface area contributed by atoms with Crippen LogP contribution in [0.1, 0.15) is 23.6 Å². The first-order chi connectivity index (χ1) is 17.6. The fourth-order valence-electron chi connectivity index (χ4n) is 4.82. The normalized spacial score (nSPS) is 15.1. The lowest BCUT2D eigenvalue weighted by molar-refractivity contribution is 0.351. The van der Waals surface area contributed by atoms with Crippen LogP contribution in [0.15, 0.2) is 77.9 Å². The number of phenols is 1. The summed E-state index contributed by atoms with van der Waals surface area (Å²) in [7, 11) is 6.44. The molecule has 0 amide bonds. The van der Waals surface area contributed by atoms with E-state index in [-0.39, 0.29) is 11.8 Å². The molecule has 5 rings (SSSR count). The summed E-state index contributed by atoms with van der Waals surface area (Å²) in [5, 5.41) is 20.0. The van der Waals surface area contributed by atoms with Gasteiger partial charge in [-0.3, -0.25) is 5.01 Å². The van der Waals surface area contributed by atoms with Gasteiger partial charge in [-0.15, -0.1) is 0 Å². The van der Waals surface area contributed by atoms with E-state index in [0.717, 1.165) is 33.5 Å². The predicted molar refractivity (Wildman–Crippen MR) is 141 cm³/mol. The summed E-state index contributed by atoms with van der Waals surface area (Å²) in [5.74, 6) is 2.58. The second-order valence-corrected chi connectivity index (χ2v) is 8.41. The number of fused-ring (bicyclic) bond motifs is 1. The van der Waals surface area contributed by atoms with E-state index in [1.165, 1.54) is 7.11 Å². The van der Waals surface area contributed by atoms with Crippen LogP contribution >= 0.6 is 0 Å². The molecular weight excluding hydrogens is 456 g/mol. The average molecular weight is 485 g/mol. The van der Waals surface area contributed by atoms with E-state index in [2.05, 4.69) is 18.2 Å². The lowest BCUT2D eigenvalue weighted by atomic mass is 9.93. The molecule has 7 nitrogen and oxygen atoms in total. The summed E-state index contributed by atoms with van der Waals surface area (Å²) in [4.78, 5) is 0. The average Bonchev–Trinajstić information content (AvgIpc) is 3.36. The lowest BCUT2D eigenvalue weighted by Crippen LogP contribution is -2.19. The summed E-state index contributed by atoms with van der Waals surface area (Å²) in [6, 6.07) is 23.2. The van der Waals surface area contributed by atoms with Gasteiger partial charge in [-0.25, -0.2) is 0 Å². The van der Waals surface area contributed by atoms with Crippen molar-refractivity contribution in [3.8, 4) is 28.7 Å². The number of hydrogen-bond acceptors (Lipinski definition) is 7. The summed E-state index contributed by atoms with van der Waals surface area (Å²) in [6.07, 6.45) is 0.553. The highest BCUT2D eigenvalue weighted by molar-refractivity contribution is 6.06. The molecule has 1 atom stereocenters. The molecule has 1 heterocycles. The summed E-state index contributed by atoms with van der Waals surface area (Å²) >= 11 is 0. The van der Waals surface area contributed by atoms with Gasteiger partial charge in [-0.2, -0.15) is 5.10 Å². The zero-order valence-corrected chi connectivity index (χ0v) is 20.7. The molecule has 1 unspecified atom stereocenters. The third-order valence-corrected chi connectivity index (χ3v) is 6.55. The molecule has 0 saturated carbocycles. The number of anilines is 1. The van der Waals surface area contributed by atoms with Gasteiger partial charge >= 0.3 is 0 Å². The minimum Gasteiger partial charge on any atom is -0.507 e. The third kappa shape index (κ3) is 3.92. The number of ether oxygens (including phenoxy) is 4. The first-order valence-electron chi connectivity index (χ1n) is 11.6.